The first-order valence-corrected chi connectivity index (χ1v) is 7.26. The van der Waals surface area contributed by atoms with E-state index in [1.54, 1.807) is 4.90 Å². The van der Waals surface area contributed by atoms with Crippen LogP contribution in [0.3, 0.4) is 0 Å². The minimum absolute atomic E-state index is 0.0864. The molecule has 1 saturated heterocycles. The van der Waals surface area contributed by atoms with Crippen molar-refractivity contribution in [1.82, 2.24) is 9.88 Å². The number of nitrogens with zero attached hydrogens (tertiary/aromatic N) is 2. The van der Waals surface area contributed by atoms with Gasteiger partial charge in [-0.3, -0.25) is 9.78 Å². The van der Waals surface area contributed by atoms with Gasteiger partial charge in [-0.1, -0.05) is 6.42 Å². The molecule has 108 valence electrons. The van der Waals surface area contributed by atoms with Gasteiger partial charge in [-0.15, -0.1) is 0 Å². The van der Waals surface area contributed by atoms with E-state index in [4.69, 9.17) is 0 Å². The van der Waals surface area contributed by atoms with Crippen LogP contribution in [0.5, 0.6) is 0 Å². The quantitative estimate of drug-likeness (QED) is 0.900. The van der Waals surface area contributed by atoms with Crippen molar-refractivity contribution in [2.75, 3.05) is 6.54 Å². The van der Waals surface area contributed by atoms with E-state index < -0.39 is 5.82 Å². The molecule has 20 heavy (non-hydrogen) atoms. The van der Waals surface area contributed by atoms with Gasteiger partial charge in [-0.2, -0.15) is 0 Å². The summed E-state index contributed by atoms with van der Waals surface area (Å²) < 4.78 is 13.2. The molecule has 1 aromatic heterocycles. The summed E-state index contributed by atoms with van der Waals surface area (Å²) in [5.74, 6) is -0.492. The number of carbonyl (C=O) groups is 1. The van der Waals surface area contributed by atoms with Crippen molar-refractivity contribution in [3.8, 4) is 0 Å². The van der Waals surface area contributed by atoms with Crippen LogP contribution in [0.15, 0.2) is 18.5 Å². The second-order valence-electron chi connectivity index (χ2n) is 5.76. The molecule has 3 atom stereocenters. The van der Waals surface area contributed by atoms with E-state index in [9.17, 15) is 14.3 Å². The second-order valence-corrected chi connectivity index (χ2v) is 5.76. The number of aliphatic hydroxyl groups is 1. The highest BCUT2D eigenvalue weighted by molar-refractivity contribution is 5.94. The highest BCUT2D eigenvalue weighted by Crippen LogP contribution is 2.36. The van der Waals surface area contributed by atoms with Crippen LogP contribution in [0.1, 0.15) is 42.5 Å². The zero-order valence-corrected chi connectivity index (χ0v) is 11.3. The molecule has 1 N–H and O–H groups in total. The van der Waals surface area contributed by atoms with Gasteiger partial charge in [0.15, 0.2) is 0 Å². The Hall–Kier alpha value is -1.49. The van der Waals surface area contributed by atoms with Crippen molar-refractivity contribution >= 4 is 5.91 Å². The minimum atomic E-state index is -0.493. The van der Waals surface area contributed by atoms with Crippen LogP contribution in [0.4, 0.5) is 4.39 Å². The molecule has 3 rings (SSSR count). The van der Waals surface area contributed by atoms with Crippen molar-refractivity contribution in [2.45, 2.75) is 44.2 Å². The molecule has 2 heterocycles. The number of aliphatic hydroxyl groups excluding tert-OH is 1. The average Bonchev–Trinajstić information content (AvgIpc) is 3.06. The Kier molecular flexibility index (Phi) is 3.70. The van der Waals surface area contributed by atoms with Crippen LogP contribution in [0, 0.1) is 11.7 Å². The summed E-state index contributed by atoms with van der Waals surface area (Å²) in [6, 6.07) is 1.32. The molecule has 1 aliphatic heterocycles. The lowest BCUT2D eigenvalue weighted by Crippen LogP contribution is -2.42. The van der Waals surface area contributed by atoms with Crippen molar-refractivity contribution < 1.29 is 14.3 Å². The van der Waals surface area contributed by atoms with Gasteiger partial charge in [0.1, 0.15) is 5.82 Å². The standard InChI is InChI=1S/C15H19FN2O2/c16-11-7-10(8-17-9-11)15(20)18-6-2-4-13(18)12-3-1-5-14(12)19/h7-9,12-14,19H,1-6H2. The maximum absolute atomic E-state index is 13.2. The van der Waals surface area contributed by atoms with E-state index in [0.29, 0.717) is 12.1 Å². The van der Waals surface area contributed by atoms with Crippen molar-refractivity contribution in [1.29, 1.82) is 0 Å². The Morgan fingerprint density at radius 3 is 2.85 bits per heavy atom. The second kappa shape index (κ2) is 5.48. The monoisotopic (exact) mass is 278 g/mol. The van der Waals surface area contributed by atoms with E-state index in [1.165, 1.54) is 12.3 Å². The van der Waals surface area contributed by atoms with E-state index in [1.807, 2.05) is 0 Å². The van der Waals surface area contributed by atoms with Crippen LogP contribution in [-0.2, 0) is 0 Å². The fourth-order valence-electron chi connectivity index (χ4n) is 3.60. The highest BCUT2D eigenvalue weighted by atomic mass is 19.1. The first-order chi connectivity index (χ1) is 9.66. The third kappa shape index (κ3) is 2.42. The Labute approximate surface area is 117 Å². The molecule has 1 saturated carbocycles. The van der Waals surface area contributed by atoms with Crippen molar-refractivity contribution in [3.63, 3.8) is 0 Å². The normalized spacial score (nSPS) is 29.9. The van der Waals surface area contributed by atoms with Crippen LogP contribution in [0.2, 0.25) is 0 Å². The van der Waals surface area contributed by atoms with Crippen LogP contribution in [-0.4, -0.2) is 39.6 Å². The van der Waals surface area contributed by atoms with Crippen LogP contribution < -0.4 is 0 Å². The summed E-state index contributed by atoms with van der Waals surface area (Å²) >= 11 is 0. The smallest absolute Gasteiger partial charge is 0.255 e. The molecular weight excluding hydrogens is 259 g/mol. The summed E-state index contributed by atoms with van der Waals surface area (Å²) in [5.41, 5.74) is 0.296. The number of hydrogen-bond donors (Lipinski definition) is 1. The van der Waals surface area contributed by atoms with Gasteiger partial charge in [0.2, 0.25) is 0 Å². The number of rotatable bonds is 2. The maximum Gasteiger partial charge on any atom is 0.255 e. The molecule has 1 aliphatic carbocycles. The van der Waals surface area contributed by atoms with Gasteiger partial charge in [-0.05, 0) is 31.7 Å². The zero-order valence-electron chi connectivity index (χ0n) is 11.3. The van der Waals surface area contributed by atoms with Gasteiger partial charge in [0.05, 0.1) is 17.9 Å². The molecule has 0 spiro atoms. The zero-order chi connectivity index (χ0) is 14.1. The Morgan fingerprint density at radius 1 is 1.30 bits per heavy atom. The summed E-state index contributed by atoms with van der Waals surface area (Å²) in [4.78, 5) is 18.1. The summed E-state index contributed by atoms with van der Waals surface area (Å²) in [7, 11) is 0. The number of aromatic nitrogens is 1. The highest BCUT2D eigenvalue weighted by Gasteiger charge is 2.40. The third-order valence-electron chi connectivity index (χ3n) is 4.54. The summed E-state index contributed by atoms with van der Waals surface area (Å²) in [6.07, 6.45) is 6.89. The van der Waals surface area contributed by atoms with E-state index >= 15 is 0 Å². The van der Waals surface area contributed by atoms with Gasteiger partial charge in [0, 0.05) is 24.7 Å². The largest absolute Gasteiger partial charge is 0.393 e. The van der Waals surface area contributed by atoms with E-state index in [2.05, 4.69) is 4.98 Å². The molecule has 0 radical (unpaired) electrons. The number of amides is 1. The SMILES string of the molecule is O=C(c1cncc(F)c1)N1CCCC1C1CCCC1O. The van der Waals surface area contributed by atoms with Gasteiger partial charge >= 0.3 is 0 Å². The molecule has 1 amide bonds. The predicted octanol–water partition coefficient (Wildman–Crippen LogP) is 1.99. The Morgan fingerprint density at radius 2 is 2.15 bits per heavy atom. The van der Waals surface area contributed by atoms with Crippen LogP contribution in [0.25, 0.3) is 0 Å². The summed E-state index contributed by atoms with van der Waals surface area (Å²) in [5, 5.41) is 10.1. The number of halogens is 1. The topological polar surface area (TPSA) is 53.4 Å². The number of pyridine rings is 1. The molecule has 0 bridgehead atoms. The molecule has 0 aromatic carbocycles. The van der Waals surface area contributed by atoms with Crippen molar-refractivity contribution in [2.24, 2.45) is 5.92 Å². The molecule has 2 aliphatic rings. The van der Waals surface area contributed by atoms with Crippen LogP contribution >= 0.6 is 0 Å². The number of carbonyl (C=O) groups excluding carboxylic acids is 1. The lowest BCUT2D eigenvalue weighted by molar-refractivity contribution is 0.0527. The van der Waals surface area contributed by atoms with Crippen molar-refractivity contribution in [3.05, 3.63) is 29.8 Å². The number of likely N-dealkylation sites (tertiary alicyclic amines) is 1. The molecule has 2 fully saturated rings. The van der Waals surface area contributed by atoms with E-state index in [0.717, 1.165) is 38.3 Å². The Balaban J connectivity index is 1.79. The third-order valence-corrected chi connectivity index (χ3v) is 4.54. The lowest BCUT2D eigenvalue weighted by atomic mass is 9.94. The fourth-order valence-corrected chi connectivity index (χ4v) is 3.60. The molecule has 4 nitrogen and oxygen atoms in total. The fraction of sp³-hybridized carbons (Fsp3) is 0.600. The Bertz CT molecular complexity index is 508. The molecule has 5 heteroatoms. The molecule has 1 aromatic rings. The summed E-state index contributed by atoms with van der Waals surface area (Å²) in [6.45, 7) is 0.684. The van der Waals surface area contributed by atoms with Gasteiger partial charge in [-0.25, -0.2) is 4.39 Å². The lowest BCUT2D eigenvalue weighted by Gasteiger charge is -2.31. The van der Waals surface area contributed by atoms with Gasteiger partial charge < -0.3 is 10.0 Å². The predicted molar refractivity (Wildman–Crippen MR) is 71.6 cm³/mol. The first-order valence-electron chi connectivity index (χ1n) is 7.26. The minimum Gasteiger partial charge on any atom is -0.393 e. The molecular formula is C15H19FN2O2. The maximum atomic E-state index is 13.2. The molecule has 3 unspecified atom stereocenters. The first kappa shape index (κ1) is 13.5. The van der Waals surface area contributed by atoms with E-state index in [-0.39, 0.29) is 24.0 Å². The number of hydrogen-bond acceptors (Lipinski definition) is 3. The average molecular weight is 278 g/mol. The van der Waals surface area contributed by atoms with Gasteiger partial charge in [0.25, 0.3) is 5.91 Å².